The highest BCUT2D eigenvalue weighted by Gasteiger charge is 2.25. The van der Waals surface area contributed by atoms with E-state index >= 15 is 0 Å². The number of nitrogens with zero attached hydrogens (tertiary/aromatic N) is 2. The van der Waals surface area contributed by atoms with E-state index in [0.29, 0.717) is 17.9 Å². The molecule has 1 aliphatic rings. The second-order valence-corrected chi connectivity index (χ2v) is 6.08. The van der Waals surface area contributed by atoms with Crippen molar-refractivity contribution in [1.82, 2.24) is 9.97 Å². The first-order valence-electron chi connectivity index (χ1n) is 8.07. The maximum atomic E-state index is 12.6. The van der Waals surface area contributed by atoms with E-state index in [2.05, 4.69) is 15.3 Å². The summed E-state index contributed by atoms with van der Waals surface area (Å²) in [5, 5.41) is 11.6. The molecule has 2 aromatic rings. The Morgan fingerprint density at radius 3 is 3.00 bits per heavy atom. The predicted octanol–water partition coefficient (Wildman–Crippen LogP) is 1.99. The summed E-state index contributed by atoms with van der Waals surface area (Å²) < 4.78 is 5.14. The van der Waals surface area contributed by atoms with Gasteiger partial charge in [0.2, 0.25) is 5.91 Å². The van der Waals surface area contributed by atoms with Gasteiger partial charge in [-0.2, -0.15) is 0 Å². The number of ether oxygens (including phenoxy) is 1. The molecule has 1 aromatic heterocycles. The zero-order valence-corrected chi connectivity index (χ0v) is 13.9. The number of carbonyl (C=O) groups is 2. The fraction of sp³-hybridized carbons (Fsp3) is 0.333. The van der Waals surface area contributed by atoms with E-state index in [1.54, 1.807) is 24.4 Å². The Morgan fingerprint density at radius 2 is 2.24 bits per heavy atom. The molecule has 1 atom stereocenters. The first kappa shape index (κ1) is 16.9. The van der Waals surface area contributed by atoms with Crippen LogP contribution in [0.25, 0.3) is 0 Å². The normalized spacial score (nSPS) is 16.0. The lowest BCUT2D eigenvalue weighted by molar-refractivity contribution is -0.139. The topological polar surface area (TPSA) is 101 Å². The summed E-state index contributed by atoms with van der Waals surface area (Å²) in [5.41, 5.74) is 3.57. The Morgan fingerprint density at radius 1 is 1.40 bits per heavy atom. The fourth-order valence-electron chi connectivity index (χ4n) is 2.93. The molecule has 0 saturated heterocycles. The van der Waals surface area contributed by atoms with Crippen molar-refractivity contribution in [3.05, 3.63) is 47.5 Å². The molecule has 0 fully saturated rings. The lowest BCUT2D eigenvalue weighted by atomic mass is 9.86. The van der Waals surface area contributed by atoms with Crippen LogP contribution < -0.4 is 10.1 Å². The van der Waals surface area contributed by atoms with E-state index in [-0.39, 0.29) is 11.8 Å². The van der Waals surface area contributed by atoms with Gasteiger partial charge in [-0.05, 0) is 55.5 Å². The molecule has 0 saturated carbocycles. The average molecular weight is 341 g/mol. The minimum absolute atomic E-state index is 0.0307. The van der Waals surface area contributed by atoms with Crippen LogP contribution in [0.1, 0.15) is 23.2 Å². The van der Waals surface area contributed by atoms with Gasteiger partial charge in [-0.1, -0.05) is 0 Å². The summed E-state index contributed by atoms with van der Waals surface area (Å²) in [4.78, 5) is 31.4. The van der Waals surface area contributed by atoms with Crippen molar-refractivity contribution in [1.29, 1.82) is 0 Å². The number of amides is 1. The van der Waals surface area contributed by atoms with Crippen molar-refractivity contribution in [2.45, 2.75) is 26.2 Å². The van der Waals surface area contributed by atoms with Crippen molar-refractivity contribution in [2.24, 2.45) is 5.92 Å². The van der Waals surface area contributed by atoms with Gasteiger partial charge in [0, 0.05) is 23.5 Å². The maximum absolute atomic E-state index is 12.6. The van der Waals surface area contributed by atoms with Crippen molar-refractivity contribution < 1.29 is 19.4 Å². The summed E-state index contributed by atoms with van der Waals surface area (Å²) in [6.45, 7) is 1.45. The molecule has 1 amide bonds. The van der Waals surface area contributed by atoms with Crippen LogP contribution in [-0.2, 0) is 22.4 Å². The molecule has 25 heavy (non-hydrogen) atoms. The molecule has 0 spiro atoms. The van der Waals surface area contributed by atoms with Crippen molar-refractivity contribution in [3.63, 3.8) is 0 Å². The SMILES string of the molecule is Cc1cc(OCC(=O)O)ccc1NC(=O)C1CCc2ncncc2C1. The minimum atomic E-state index is -1.03. The zero-order valence-electron chi connectivity index (χ0n) is 13.9. The van der Waals surface area contributed by atoms with Crippen LogP contribution in [0.5, 0.6) is 5.75 Å². The predicted molar refractivity (Wildman–Crippen MR) is 90.5 cm³/mol. The second kappa shape index (κ2) is 7.29. The average Bonchev–Trinajstić information content (AvgIpc) is 2.61. The standard InChI is InChI=1S/C18H19N3O4/c1-11-6-14(25-9-17(22)23)3-5-15(11)21-18(24)12-2-4-16-13(7-12)8-19-10-20-16/h3,5-6,8,10,12H,2,4,7,9H2,1H3,(H,21,24)(H,22,23). The number of aryl methyl sites for hydroxylation is 2. The number of fused-ring (bicyclic) bond motifs is 1. The lowest BCUT2D eigenvalue weighted by Gasteiger charge is -2.23. The van der Waals surface area contributed by atoms with E-state index in [1.807, 2.05) is 6.92 Å². The summed E-state index contributed by atoms with van der Waals surface area (Å²) in [6, 6.07) is 5.09. The summed E-state index contributed by atoms with van der Waals surface area (Å²) in [5.74, 6) is -0.712. The van der Waals surface area contributed by atoms with Gasteiger partial charge in [0.05, 0.1) is 0 Å². The second-order valence-electron chi connectivity index (χ2n) is 6.08. The molecule has 2 N–H and O–H groups in total. The quantitative estimate of drug-likeness (QED) is 0.862. The van der Waals surface area contributed by atoms with Crippen LogP contribution in [0.3, 0.4) is 0 Å². The number of nitrogens with one attached hydrogen (secondary N) is 1. The van der Waals surface area contributed by atoms with E-state index in [9.17, 15) is 9.59 Å². The Hall–Kier alpha value is -2.96. The molecule has 1 unspecified atom stereocenters. The molecule has 1 aliphatic carbocycles. The van der Waals surface area contributed by atoms with E-state index in [1.165, 1.54) is 6.33 Å². The summed E-state index contributed by atoms with van der Waals surface area (Å²) in [7, 11) is 0. The smallest absolute Gasteiger partial charge is 0.341 e. The number of carboxylic acids is 1. The number of rotatable bonds is 5. The van der Waals surface area contributed by atoms with Gasteiger partial charge >= 0.3 is 5.97 Å². The highest BCUT2D eigenvalue weighted by molar-refractivity contribution is 5.93. The van der Waals surface area contributed by atoms with E-state index in [4.69, 9.17) is 9.84 Å². The third-order valence-corrected chi connectivity index (χ3v) is 4.27. The number of aliphatic carboxylic acids is 1. The van der Waals surface area contributed by atoms with Gasteiger partial charge in [0.15, 0.2) is 6.61 Å². The zero-order chi connectivity index (χ0) is 17.8. The lowest BCUT2D eigenvalue weighted by Crippen LogP contribution is -2.28. The number of aromatic nitrogens is 2. The molecule has 7 heteroatoms. The van der Waals surface area contributed by atoms with Crippen molar-refractivity contribution >= 4 is 17.6 Å². The van der Waals surface area contributed by atoms with Gasteiger partial charge < -0.3 is 15.2 Å². The van der Waals surface area contributed by atoms with Crippen LogP contribution in [-0.4, -0.2) is 33.6 Å². The van der Waals surface area contributed by atoms with Crippen molar-refractivity contribution in [2.75, 3.05) is 11.9 Å². The molecule has 3 rings (SSSR count). The van der Waals surface area contributed by atoms with Crippen LogP contribution in [0.15, 0.2) is 30.7 Å². The largest absolute Gasteiger partial charge is 0.482 e. The van der Waals surface area contributed by atoms with Crippen LogP contribution >= 0.6 is 0 Å². The number of hydrogen-bond donors (Lipinski definition) is 2. The number of hydrogen-bond acceptors (Lipinski definition) is 5. The fourth-order valence-corrected chi connectivity index (χ4v) is 2.93. The molecule has 0 bridgehead atoms. The highest BCUT2D eigenvalue weighted by atomic mass is 16.5. The van der Waals surface area contributed by atoms with Gasteiger partial charge in [0.25, 0.3) is 0 Å². The monoisotopic (exact) mass is 341 g/mol. The Bertz CT molecular complexity index is 807. The van der Waals surface area contributed by atoms with Gasteiger partial charge in [0.1, 0.15) is 12.1 Å². The van der Waals surface area contributed by atoms with E-state index < -0.39 is 12.6 Å². The minimum Gasteiger partial charge on any atom is -0.482 e. The Balaban J connectivity index is 1.64. The molecular weight excluding hydrogens is 322 g/mol. The first-order chi connectivity index (χ1) is 12.0. The molecular formula is C18H19N3O4. The molecule has 0 aliphatic heterocycles. The molecule has 1 heterocycles. The number of carbonyl (C=O) groups excluding carboxylic acids is 1. The third-order valence-electron chi connectivity index (χ3n) is 4.27. The number of carboxylic acid groups (broad SMARTS) is 1. The Labute approximate surface area is 145 Å². The number of benzene rings is 1. The van der Waals surface area contributed by atoms with Gasteiger partial charge in [-0.3, -0.25) is 4.79 Å². The van der Waals surface area contributed by atoms with Crippen LogP contribution in [0, 0.1) is 12.8 Å². The van der Waals surface area contributed by atoms with E-state index in [0.717, 1.165) is 29.7 Å². The van der Waals surface area contributed by atoms with Crippen LogP contribution in [0.4, 0.5) is 5.69 Å². The summed E-state index contributed by atoms with van der Waals surface area (Å²) in [6.07, 6.45) is 5.49. The Kier molecular flexibility index (Phi) is 4.92. The third kappa shape index (κ3) is 4.12. The molecule has 7 nitrogen and oxygen atoms in total. The molecule has 0 radical (unpaired) electrons. The summed E-state index contributed by atoms with van der Waals surface area (Å²) >= 11 is 0. The molecule has 130 valence electrons. The maximum Gasteiger partial charge on any atom is 0.341 e. The number of anilines is 1. The van der Waals surface area contributed by atoms with Gasteiger partial charge in [-0.15, -0.1) is 0 Å². The first-order valence-corrected chi connectivity index (χ1v) is 8.07. The van der Waals surface area contributed by atoms with Crippen LogP contribution in [0.2, 0.25) is 0 Å². The highest BCUT2D eigenvalue weighted by Crippen LogP contribution is 2.26. The van der Waals surface area contributed by atoms with Gasteiger partial charge in [-0.25, -0.2) is 14.8 Å². The molecule has 1 aromatic carbocycles. The van der Waals surface area contributed by atoms with Crippen molar-refractivity contribution in [3.8, 4) is 5.75 Å².